The number of nitrogens with one attached hydrogen (secondary N) is 1. The summed E-state index contributed by atoms with van der Waals surface area (Å²) in [6.45, 7) is 3.90. The summed E-state index contributed by atoms with van der Waals surface area (Å²) >= 11 is 1.72. The van der Waals surface area contributed by atoms with E-state index in [2.05, 4.69) is 17.2 Å². The van der Waals surface area contributed by atoms with Gasteiger partial charge < -0.3 is 11.1 Å². The fraction of sp³-hybridized carbons (Fsp3) is 0.727. The number of aryl methyl sites for hydroxylation is 1. The van der Waals surface area contributed by atoms with Crippen LogP contribution < -0.4 is 11.1 Å². The molecule has 4 heteroatoms. The fourth-order valence-electron chi connectivity index (χ4n) is 2.18. The third kappa shape index (κ3) is 2.77. The van der Waals surface area contributed by atoms with Crippen LogP contribution in [0.2, 0.25) is 0 Å². The van der Waals surface area contributed by atoms with E-state index < -0.39 is 0 Å². The Labute approximate surface area is 95.1 Å². The van der Waals surface area contributed by atoms with Gasteiger partial charge in [0.05, 0.1) is 11.2 Å². The Bertz CT molecular complexity index is 315. The smallest absolute Gasteiger partial charge is 0.0798 e. The minimum Gasteiger partial charge on any atom is -0.324 e. The first kappa shape index (κ1) is 11.0. The van der Waals surface area contributed by atoms with Crippen LogP contribution in [0.1, 0.15) is 36.3 Å². The third-order valence-corrected chi connectivity index (χ3v) is 4.14. The van der Waals surface area contributed by atoms with Crippen molar-refractivity contribution in [2.24, 2.45) is 5.73 Å². The second-order valence-electron chi connectivity index (χ2n) is 4.53. The van der Waals surface area contributed by atoms with Crippen molar-refractivity contribution in [3.63, 3.8) is 0 Å². The van der Waals surface area contributed by atoms with Crippen LogP contribution in [0.4, 0.5) is 0 Å². The number of thiazole rings is 1. The highest BCUT2D eigenvalue weighted by Crippen LogP contribution is 2.26. The molecule has 0 bridgehead atoms. The molecule has 0 atom stereocenters. The number of hydrogen-bond donors (Lipinski definition) is 2. The molecular formula is C11H19N3S. The van der Waals surface area contributed by atoms with Gasteiger partial charge in [0.15, 0.2) is 0 Å². The van der Waals surface area contributed by atoms with E-state index in [9.17, 15) is 0 Å². The number of nitrogens with two attached hydrogens (primary N) is 1. The molecule has 84 valence electrons. The molecular weight excluding hydrogens is 206 g/mol. The second-order valence-corrected chi connectivity index (χ2v) is 5.47. The van der Waals surface area contributed by atoms with Crippen LogP contribution in [0.3, 0.4) is 0 Å². The molecule has 1 saturated carbocycles. The average molecular weight is 225 g/mol. The van der Waals surface area contributed by atoms with Crippen LogP contribution in [0.5, 0.6) is 0 Å². The Kier molecular flexibility index (Phi) is 3.38. The van der Waals surface area contributed by atoms with Gasteiger partial charge in [-0.1, -0.05) is 12.8 Å². The minimum atomic E-state index is 0.0542. The Morgan fingerprint density at radius 3 is 2.87 bits per heavy atom. The summed E-state index contributed by atoms with van der Waals surface area (Å²) in [6.07, 6.45) is 4.92. The predicted octanol–water partition coefficient (Wildman–Crippen LogP) is 1.81. The van der Waals surface area contributed by atoms with Crippen LogP contribution in [0.25, 0.3) is 0 Å². The van der Waals surface area contributed by atoms with Gasteiger partial charge in [-0.15, -0.1) is 11.3 Å². The van der Waals surface area contributed by atoms with Crippen LogP contribution in [-0.2, 0) is 6.54 Å². The summed E-state index contributed by atoms with van der Waals surface area (Å²) in [7, 11) is 0. The number of nitrogens with zero attached hydrogens (tertiary/aromatic N) is 1. The first-order valence-corrected chi connectivity index (χ1v) is 6.46. The van der Waals surface area contributed by atoms with Gasteiger partial charge in [0, 0.05) is 23.5 Å². The van der Waals surface area contributed by atoms with Crippen molar-refractivity contribution in [1.29, 1.82) is 0 Å². The summed E-state index contributed by atoms with van der Waals surface area (Å²) in [6, 6.07) is 0. The third-order valence-electron chi connectivity index (χ3n) is 3.21. The van der Waals surface area contributed by atoms with E-state index in [1.165, 1.54) is 30.6 Å². The van der Waals surface area contributed by atoms with Crippen LogP contribution in [0.15, 0.2) is 5.51 Å². The lowest BCUT2D eigenvalue weighted by atomic mass is 9.99. The monoisotopic (exact) mass is 225 g/mol. The molecule has 0 unspecified atom stereocenters. The molecule has 0 saturated heterocycles. The molecule has 1 aliphatic carbocycles. The molecule has 15 heavy (non-hydrogen) atoms. The van der Waals surface area contributed by atoms with Gasteiger partial charge in [-0.05, 0) is 19.8 Å². The van der Waals surface area contributed by atoms with Gasteiger partial charge in [0.25, 0.3) is 0 Å². The van der Waals surface area contributed by atoms with Crippen molar-refractivity contribution in [2.75, 3.05) is 6.54 Å². The largest absolute Gasteiger partial charge is 0.324 e. The minimum absolute atomic E-state index is 0.0542. The van der Waals surface area contributed by atoms with Crippen LogP contribution in [0, 0.1) is 6.92 Å². The molecule has 0 aromatic carbocycles. The van der Waals surface area contributed by atoms with Crippen molar-refractivity contribution in [3.05, 3.63) is 16.1 Å². The van der Waals surface area contributed by atoms with E-state index in [4.69, 9.17) is 5.73 Å². The van der Waals surface area contributed by atoms with Crippen molar-refractivity contribution in [2.45, 2.75) is 44.7 Å². The maximum absolute atomic E-state index is 6.26. The Morgan fingerprint density at radius 2 is 2.27 bits per heavy atom. The maximum Gasteiger partial charge on any atom is 0.0798 e. The van der Waals surface area contributed by atoms with E-state index in [-0.39, 0.29) is 5.54 Å². The Balaban J connectivity index is 1.77. The van der Waals surface area contributed by atoms with Gasteiger partial charge in [-0.3, -0.25) is 0 Å². The summed E-state index contributed by atoms with van der Waals surface area (Å²) in [5, 5.41) is 3.46. The topological polar surface area (TPSA) is 50.9 Å². The molecule has 1 aromatic heterocycles. The predicted molar refractivity (Wildman–Crippen MR) is 63.9 cm³/mol. The Morgan fingerprint density at radius 1 is 1.53 bits per heavy atom. The molecule has 1 aliphatic rings. The number of aromatic nitrogens is 1. The first-order valence-electron chi connectivity index (χ1n) is 5.58. The zero-order valence-electron chi connectivity index (χ0n) is 9.25. The molecule has 0 amide bonds. The number of rotatable bonds is 4. The van der Waals surface area contributed by atoms with Crippen molar-refractivity contribution in [1.82, 2.24) is 10.3 Å². The summed E-state index contributed by atoms with van der Waals surface area (Å²) in [5.41, 5.74) is 9.36. The van der Waals surface area contributed by atoms with Crippen LogP contribution >= 0.6 is 11.3 Å². The zero-order chi connectivity index (χ0) is 10.7. The quantitative estimate of drug-likeness (QED) is 0.821. The summed E-state index contributed by atoms with van der Waals surface area (Å²) in [5.74, 6) is 0. The van der Waals surface area contributed by atoms with E-state index >= 15 is 0 Å². The van der Waals surface area contributed by atoms with Crippen molar-refractivity contribution >= 4 is 11.3 Å². The highest BCUT2D eigenvalue weighted by molar-refractivity contribution is 7.09. The normalized spacial score (nSPS) is 19.6. The molecule has 1 fully saturated rings. The van der Waals surface area contributed by atoms with Crippen molar-refractivity contribution < 1.29 is 0 Å². The zero-order valence-corrected chi connectivity index (χ0v) is 10.1. The van der Waals surface area contributed by atoms with Gasteiger partial charge >= 0.3 is 0 Å². The molecule has 1 heterocycles. The van der Waals surface area contributed by atoms with Crippen molar-refractivity contribution in [3.8, 4) is 0 Å². The molecule has 0 aliphatic heterocycles. The molecule has 1 aromatic rings. The highest BCUT2D eigenvalue weighted by atomic mass is 32.1. The highest BCUT2D eigenvalue weighted by Gasteiger charge is 2.28. The van der Waals surface area contributed by atoms with Crippen LogP contribution in [-0.4, -0.2) is 17.1 Å². The van der Waals surface area contributed by atoms with Gasteiger partial charge in [0.1, 0.15) is 0 Å². The molecule has 0 spiro atoms. The lowest BCUT2D eigenvalue weighted by Gasteiger charge is -2.23. The SMILES string of the molecule is Cc1ncsc1CNCC1(N)CCCC1. The summed E-state index contributed by atoms with van der Waals surface area (Å²) < 4.78 is 0. The summed E-state index contributed by atoms with van der Waals surface area (Å²) in [4.78, 5) is 5.56. The number of hydrogen-bond acceptors (Lipinski definition) is 4. The molecule has 2 rings (SSSR count). The second kappa shape index (κ2) is 4.60. The lowest BCUT2D eigenvalue weighted by molar-refractivity contribution is 0.405. The first-order chi connectivity index (χ1) is 7.20. The molecule has 3 N–H and O–H groups in total. The molecule has 3 nitrogen and oxygen atoms in total. The van der Waals surface area contributed by atoms with E-state index in [0.29, 0.717) is 0 Å². The van der Waals surface area contributed by atoms with Gasteiger partial charge in [-0.2, -0.15) is 0 Å². The van der Waals surface area contributed by atoms with E-state index in [1.807, 2.05) is 5.51 Å². The lowest BCUT2D eigenvalue weighted by Crippen LogP contribution is -2.46. The maximum atomic E-state index is 6.26. The molecule has 0 radical (unpaired) electrons. The van der Waals surface area contributed by atoms with E-state index in [0.717, 1.165) is 18.8 Å². The van der Waals surface area contributed by atoms with Gasteiger partial charge in [-0.25, -0.2) is 4.98 Å². The van der Waals surface area contributed by atoms with Gasteiger partial charge in [0.2, 0.25) is 0 Å². The fourth-order valence-corrected chi connectivity index (χ4v) is 2.92. The van der Waals surface area contributed by atoms with E-state index in [1.54, 1.807) is 11.3 Å². The Hall–Kier alpha value is -0.450. The average Bonchev–Trinajstić information content (AvgIpc) is 2.78. The standard InChI is InChI=1S/C11H19N3S/c1-9-10(15-8-14-9)6-13-7-11(12)4-2-3-5-11/h8,13H,2-7,12H2,1H3.